The minimum absolute atomic E-state index is 0.0311. The van der Waals surface area contributed by atoms with Crippen molar-refractivity contribution in [3.63, 3.8) is 0 Å². The predicted octanol–water partition coefficient (Wildman–Crippen LogP) is 3.61. The molecular formula is C25H21N5O4S2. The molecule has 0 spiro atoms. The van der Waals surface area contributed by atoms with Gasteiger partial charge in [-0.1, -0.05) is 36.4 Å². The third kappa shape index (κ3) is 4.21. The maximum Gasteiger partial charge on any atom is 0.420 e. The molecule has 3 heterocycles. The Labute approximate surface area is 210 Å². The van der Waals surface area contributed by atoms with Crippen molar-refractivity contribution < 1.29 is 12.8 Å². The molecular weight excluding hydrogens is 498 g/mol. The fourth-order valence-corrected chi connectivity index (χ4v) is 6.25. The number of fused-ring (bicyclic) bond motifs is 2. The molecule has 0 unspecified atom stereocenters. The summed E-state index contributed by atoms with van der Waals surface area (Å²) in [5.41, 5.74) is 6.63. The first-order chi connectivity index (χ1) is 17.5. The van der Waals surface area contributed by atoms with E-state index in [9.17, 15) is 13.2 Å². The molecule has 3 aromatic carbocycles. The number of aromatic nitrogens is 3. The Bertz CT molecular complexity index is 1740. The van der Waals surface area contributed by atoms with Crippen LogP contribution in [0.2, 0.25) is 0 Å². The average molecular weight is 520 g/mol. The third-order valence-electron chi connectivity index (χ3n) is 6.25. The number of oxazole rings is 1. The van der Waals surface area contributed by atoms with Gasteiger partial charge in [0.2, 0.25) is 5.13 Å². The van der Waals surface area contributed by atoms with Crippen molar-refractivity contribution in [1.29, 1.82) is 0 Å². The zero-order valence-corrected chi connectivity index (χ0v) is 20.6. The van der Waals surface area contributed by atoms with E-state index in [-0.39, 0.29) is 15.6 Å². The summed E-state index contributed by atoms with van der Waals surface area (Å²) in [4.78, 5) is 16.5. The molecule has 6 rings (SSSR count). The molecule has 2 aromatic heterocycles. The molecule has 5 aromatic rings. The SMILES string of the molecule is O=c1oc2cc(S(=O)(=O)Nc3ncns3)ccc2n1Cc1cccc(-c2cccc3c2CCNC3)c1. The lowest BCUT2D eigenvalue weighted by atomic mass is 9.91. The summed E-state index contributed by atoms with van der Waals surface area (Å²) in [5.74, 6) is -0.551. The van der Waals surface area contributed by atoms with Crippen molar-refractivity contribution in [2.24, 2.45) is 0 Å². The minimum Gasteiger partial charge on any atom is -0.408 e. The van der Waals surface area contributed by atoms with E-state index < -0.39 is 15.8 Å². The van der Waals surface area contributed by atoms with Gasteiger partial charge in [-0.15, -0.1) is 0 Å². The number of sulfonamides is 1. The fourth-order valence-electron chi connectivity index (χ4n) is 4.58. The van der Waals surface area contributed by atoms with Crippen LogP contribution in [0.1, 0.15) is 16.7 Å². The van der Waals surface area contributed by atoms with Gasteiger partial charge in [0.25, 0.3) is 10.0 Å². The summed E-state index contributed by atoms with van der Waals surface area (Å²) in [7, 11) is -3.90. The highest BCUT2D eigenvalue weighted by Crippen LogP contribution is 2.29. The van der Waals surface area contributed by atoms with Crippen LogP contribution in [-0.4, -0.2) is 28.9 Å². The number of benzene rings is 3. The van der Waals surface area contributed by atoms with Crippen molar-refractivity contribution in [3.05, 3.63) is 94.2 Å². The van der Waals surface area contributed by atoms with Crippen molar-refractivity contribution in [2.75, 3.05) is 11.3 Å². The normalized spacial score (nSPS) is 13.6. The van der Waals surface area contributed by atoms with Crippen LogP contribution in [0.4, 0.5) is 5.13 Å². The van der Waals surface area contributed by atoms with E-state index in [0.717, 1.165) is 42.2 Å². The Kier molecular flexibility index (Phi) is 5.67. The number of nitrogens with one attached hydrogen (secondary N) is 2. The van der Waals surface area contributed by atoms with Gasteiger partial charge in [0.05, 0.1) is 17.0 Å². The van der Waals surface area contributed by atoms with E-state index in [1.54, 1.807) is 6.07 Å². The first kappa shape index (κ1) is 22.7. The summed E-state index contributed by atoms with van der Waals surface area (Å²) in [6.07, 6.45) is 2.24. The molecule has 182 valence electrons. The van der Waals surface area contributed by atoms with E-state index in [0.29, 0.717) is 12.1 Å². The molecule has 0 aliphatic carbocycles. The highest BCUT2D eigenvalue weighted by atomic mass is 32.2. The molecule has 0 radical (unpaired) electrons. The molecule has 11 heteroatoms. The number of rotatable bonds is 6. The summed E-state index contributed by atoms with van der Waals surface area (Å²) < 4.78 is 38.5. The Morgan fingerprint density at radius 1 is 1.11 bits per heavy atom. The second-order valence-corrected chi connectivity index (χ2v) is 11.0. The lowest BCUT2D eigenvalue weighted by Crippen LogP contribution is -2.24. The Hall–Kier alpha value is -3.80. The van der Waals surface area contributed by atoms with Gasteiger partial charge < -0.3 is 9.73 Å². The summed E-state index contributed by atoms with van der Waals surface area (Å²) in [6.45, 7) is 2.12. The Morgan fingerprint density at radius 2 is 2.00 bits per heavy atom. The van der Waals surface area contributed by atoms with Crippen LogP contribution < -0.4 is 15.8 Å². The predicted molar refractivity (Wildman–Crippen MR) is 138 cm³/mol. The third-order valence-corrected chi connectivity index (χ3v) is 8.30. The minimum atomic E-state index is -3.90. The van der Waals surface area contributed by atoms with E-state index in [1.807, 2.05) is 12.1 Å². The summed E-state index contributed by atoms with van der Waals surface area (Å²) in [5, 5.41) is 3.57. The van der Waals surface area contributed by atoms with Crippen LogP contribution in [0.15, 0.2) is 81.1 Å². The molecule has 1 aliphatic rings. The molecule has 0 saturated carbocycles. The van der Waals surface area contributed by atoms with Crippen LogP contribution in [0.25, 0.3) is 22.2 Å². The standard InChI is InChI=1S/C25H21N5O4S2/c31-25-30(22-8-7-19(12-23(22)34-25)36(32,33)29-24-27-15-28-35-24)14-16-3-1-4-17(11-16)20-6-2-5-18-13-26-10-9-21(18)20/h1-8,11-12,15,26H,9-10,13-14H2,(H,27,28,29). The van der Waals surface area contributed by atoms with Gasteiger partial charge >= 0.3 is 5.76 Å². The van der Waals surface area contributed by atoms with E-state index in [2.05, 4.69) is 49.7 Å². The van der Waals surface area contributed by atoms with Gasteiger partial charge in [-0.2, -0.15) is 4.37 Å². The molecule has 1 aliphatic heterocycles. The van der Waals surface area contributed by atoms with Crippen LogP contribution in [0.5, 0.6) is 0 Å². The van der Waals surface area contributed by atoms with E-state index in [4.69, 9.17) is 4.42 Å². The number of nitrogens with zero attached hydrogens (tertiary/aromatic N) is 3. The highest BCUT2D eigenvalue weighted by Gasteiger charge is 2.20. The molecule has 0 atom stereocenters. The highest BCUT2D eigenvalue weighted by molar-refractivity contribution is 7.93. The lowest BCUT2D eigenvalue weighted by Gasteiger charge is -2.20. The van der Waals surface area contributed by atoms with Gasteiger partial charge in [-0.25, -0.2) is 18.2 Å². The van der Waals surface area contributed by atoms with Crippen LogP contribution in [-0.2, 0) is 29.5 Å². The van der Waals surface area contributed by atoms with Gasteiger partial charge in [0, 0.05) is 24.1 Å². The number of anilines is 1. The maximum absolute atomic E-state index is 12.7. The van der Waals surface area contributed by atoms with Crippen molar-refractivity contribution >= 4 is 37.8 Å². The second kappa shape index (κ2) is 9.01. The fraction of sp³-hybridized carbons (Fsp3) is 0.160. The molecule has 0 saturated heterocycles. The van der Waals surface area contributed by atoms with Crippen LogP contribution >= 0.6 is 11.5 Å². The molecule has 36 heavy (non-hydrogen) atoms. The first-order valence-electron chi connectivity index (χ1n) is 11.3. The Balaban J connectivity index is 1.32. The van der Waals surface area contributed by atoms with E-state index >= 15 is 0 Å². The Morgan fingerprint density at radius 3 is 2.86 bits per heavy atom. The van der Waals surface area contributed by atoms with Gasteiger partial charge in [-0.3, -0.25) is 9.29 Å². The van der Waals surface area contributed by atoms with Gasteiger partial charge in [0.15, 0.2) is 5.58 Å². The lowest BCUT2D eigenvalue weighted by molar-refractivity contribution is 0.517. The number of hydrogen-bond acceptors (Lipinski definition) is 8. The zero-order chi connectivity index (χ0) is 24.7. The van der Waals surface area contributed by atoms with Crippen LogP contribution in [0.3, 0.4) is 0 Å². The summed E-state index contributed by atoms with van der Waals surface area (Å²) >= 11 is 0.931. The molecule has 9 nitrogen and oxygen atoms in total. The van der Waals surface area contributed by atoms with Gasteiger partial charge in [-0.05, 0) is 59.0 Å². The topological polar surface area (TPSA) is 119 Å². The van der Waals surface area contributed by atoms with Crippen LogP contribution in [0, 0.1) is 0 Å². The van der Waals surface area contributed by atoms with Crippen molar-refractivity contribution in [2.45, 2.75) is 24.4 Å². The van der Waals surface area contributed by atoms with Gasteiger partial charge in [0.1, 0.15) is 6.33 Å². The summed E-state index contributed by atoms with van der Waals surface area (Å²) in [6, 6.07) is 18.9. The monoisotopic (exact) mass is 519 g/mol. The van der Waals surface area contributed by atoms with E-state index in [1.165, 1.54) is 39.7 Å². The molecule has 2 N–H and O–H groups in total. The average Bonchev–Trinajstić information content (AvgIpc) is 3.50. The zero-order valence-electron chi connectivity index (χ0n) is 19.0. The molecule has 0 fully saturated rings. The molecule has 0 amide bonds. The smallest absolute Gasteiger partial charge is 0.408 e. The van der Waals surface area contributed by atoms with Crippen molar-refractivity contribution in [1.82, 2.24) is 19.2 Å². The molecule has 0 bridgehead atoms. The second-order valence-electron chi connectivity index (χ2n) is 8.51. The quantitative estimate of drug-likeness (QED) is 0.352. The first-order valence-corrected chi connectivity index (χ1v) is 13.6. The maximum atomic E-state index is 12.7. The van der Waals surface area contributed by atoms with Crippen molar-refractivity contribution in [3.8, 4) is 11.1 Å². The number of hydrogen-bond donors (Lipinski definition) is 2. The largest absolute Gasteiger partial charge is 0.420 e.